The van der Waals surface area contributed by atoms with Crippen LogP contribution in [0.3, 0.4) is 0 Å². The second-order valence-corrected chi connectivity index (χ2v) is 5.20. The lowest BCUT2D eigenvalue weighted by Crippen LogP contribution is -2.20. The molecule has 0 saturated carbocycles. The molecule has 0 aliphatic rings. The predicted molar refractivity (Wildman–Crippen MR) is 91.5 cm³/mol. The summed E-state index contributed by atoms with van der Waals surface area (Å²) < 4.78 is 0. The summed E-state index contributed by atoms with van der Waals surface area (Å²) in [6, 6.07) is 13.5. The normalized spacial score (nSPS) is 10.5. The van der Waals surface area contributed by atoms with Crippen molar-refractivity contribution in [3.63, 3.8) is 0 Å². The fraction of sp³-hybridized carbons (Fsp3) is 0.118. The summed E-state index contributed by atoms with van der Waals surface area (Å²) in [7, 11) is 3.91. The number of carbonyl (C=O) groups excluding carboxylic acids is 2. The number of nitrogens with zero attached hydrogens (tertiary/aromatic N) is 2. The van der Waals surface area contributed by atoms with Gasteiger partial charge in [-0.2, -0.15) is 5.10 Å². The number of rotatable bonds is 5. The van der Waals surface area contributed by atoms with Crippen LogP contribution in [-0.2, 0) is 0 Å². The molecule has 0 unspecified atom stereocenters. The maximum atomic E-state index is 11.9. The average Bonchev–Trinajstić information content (AvgIpc) is 2.61. The molecule has 0 spiro atoms. The Balaban J connectivity index is 1.95. The quantitative estimate of drug-likeness (QED) is 0.442. The third kappa shape index (κ3) is 4.40. The first-order valence-electron chi connectivity index (χ1n) is 7.16. The van der Waals surface area contributed by atoms with Crippen LogP contribution in [0.15, 0.2) is 53.6 Å². The summed E-state index contributed by atoms with van der Waals surface area (Å²) in [5, 5.41) is 12.4. The Hall–Kier alpha value is -3.19. The molecule has 2 amide bonds. The number of hydroxylamine groups is 1. The van der Waals surface area contributed by atoms with E-state index in [1.54, 1.807) is 6.21 Å². The molecule has 0 fully saturated rings. The summed E-state index contributed by atoms with van der Waals surface area (Å²) in [6.07, 6.45) is 1.55. The third-order valence-corrected chi connectivity index (χ3v) is 3.30. The van der Waals surface area contributed by atoms with Crippen molar-refractivity contribution in [3.8, 4) is 0 Å². The van der Waals surface area contributed by atoms with Gasteiger partial charge in [-0.1, -0.05) is 12.1 Å². The van der Waals surface area contributed by atoms with Gasteiger partial charge >= 0.3 is 0 Å². The molecule has 2 rings (SSSR count). The van der Waals surface area contributed by atoms with E-state index in [9.17, 15) is 9.59 Å². The minimum Gasteiger partial charge on any atom is -0.378 e. The predicted octanol–water partition coefficient (Wildman–Crippen LogP) is 1.64. The van der Waals surface area contributed by atoms with Gasteiger partial charge in [-0.25, -0.2) is 10.9 Å². The Morgan fingerprint density at radius 1 is 0.958 bits per heavy atom. The van der Waals surface area contributed by atoms with Crippen LogP contribution >= 0.6 is 0 Å². The van der Waals surface area contributed by atoms with Crippen molar-refractivity contribution in [2.45, 2.75) is 0 Å². The number of hydrogen-bond donors (Lipinski definition) is 3. The first-order chi connectivity index (χ1) is 11.5. The molecule has 124 valence electrons. The highest BCUT2D eigenvalue weighted by Crippen LogP contribution is 2.11. The zero-order chi connectivity index (χ0) is 17.5. The first kappa shape index (κ1) is 17.2. The molecule has 24 heavy (non-hydrogen) atoms. The van der Waals surface area contributed by atoms with E-state index in [4.69, 9.17) is 5.21 Å². The van der Waals surface area contributed by atoms with E-state index < -0.39 is 11.8 Å². The fourth-order valence-corrected chi connectivity index (χ4v) is 1.93. The molecule has 0 aromatic heterocycles. The zero-order valence-electron chi connectivity index (χ0n) is 13.4. The van der Waals surface area contributed by atoms with Gasteiger partial charge in [0.25, 0.3) is 11.8 Å². The molecular weight excluding hydrogens is 308 g/mol. The van der Waals surface area contributed by atoms with E-state index in [-0.39, 0.29) is 5.56 Å². The van der Waals surface area contributed by atoms with Gasteiger partial charge in [0.05, 0.1) is 6.21 Å². The van der Waals surface area contributed by atoms with Gasteiger partial charge in [0.2, 0.25) is 0 Å². The van der Waals surface area contributed by atoms with Crippen LogP contribution in [0.1, 0.15) is 26.3 Å². The number of carbonyl (C=O) groups is 2. The number of hydrogen-bond acceptors (Lipinski definition) is 5. The smallest absolute Gasteiger partial charge is 0.274 e. The van der Waals surface area contributed by atoms with E-state index in [2.05, 4.69) is 10.5 Å². The van der Waals surface area contributed by atoms with E-state index in [0.717, 1.165) is 11.3 Å². The van der Waals surface area contributed by atoms with E-state index in [1.807, 2.05) is 43.3 Å². The van der Waals surface area contributed by atoms with Gasteiger partial charge < -0.3 is 4.90 Å². The van der Waals surface area contributed by atoms with Gasteiger partial charge in [0.1, 0.15) is 0 Å². The molecule has 0 atom stereocenters. The minimum atomic E-state index is -0.638. The van der Waals surface area contributed by atoms with Gasteiger partial charge in [0, 0.05) is 30.9 Å². The lowest BCUT2D eigenvalue weighted by molar-refractivity contribution is 0.0706. The van der Waals surface area contributed by atoms with Crippen molar-refractivity contribution in [2.24, 2.45) is 5.10 Å². The van der Waals surface area contributed by atoms with Crippen molar-refractivity contribution in [1.82, 2.24) is 10.9 Å². The van der Waals surface area contributed by atoms with E-state index in [1.165, 1.54) is 29.7 Å². The highest BCUT2D eigenvalue weighted by molar-refractivity contribution is 5.97. The second-order valence-electron chi connectivity index (χ2n) is 5.20. The average molecular weight is 326 g/mol. The highest BCUT2D eigenvalue weighted by Gasteiger charge is 2.07. The first-order valence-corrected chi connectivity index (χ1v) is 7.16. The van der Waals surface area contributed by atoms with Crippen LogP contribution in [0.5, 0.6) is 0 Å². The molecule has 2 aromatic rings. The number of anilines is 1. The van der Waals surface area contributed by atoms with Gasteiger partial charge in [0.15, 0.2) is 0 Å². The van der Waals surface area contributed by atoms with Crippen molar-refractivity contribution < 1.29 is 14.8 Å². The van der Waals surface area contributed by atoms with Gasteiger partial charge in [-0.05, 0) is 42.0 Å². The monoisotopic (exact) mass is 326 g/mol. The topological polar surface area (TPSA) is 94.0 Å². The molecule has 7 heteroatoms. The van der Waals surface area contributed by atoms with Crippen LogP contribution in [0, 0.1) is 0 Å². The standard InChI is InChI=1S/C17H18N4O3/c1-21(2)15-9-3-12(4-10-15)11-18-19-16(22)13-5-7-14(8-6-13)17(23)20-24/h3-11,24H,1-2H3,(H,19,22)(H,20,23)/b18-11+. The van der Waals surface area contributed by atoms with Crippen molar-refractivity contribution >= 4 is 23.7 Å². The van der Waals surface area contributed by atoms with E-state index >= 15 is 0 Å². The molecule has 7 nitrogen and oxygen atoms in total. The summed E-state index contributed by atoms with van der Waals surface area (Å²) >= 11 is 0. The van der Waals surface area contributed by atoms with Crippen LogP contribution in [0.2, 0.25) is 0 Å². The molecule has 0 heterocycles. The molecule has 0 aliphatic heterocycles. The lowest BCUT2D eigenvalue weighted by atomic mass is 10.1. The Morgan fingerprint density at radius 3 is 2.00 bits per heavy atom. The van der Waals surface area contributed by atoms with Crippen molar-refractivity contribution in [1.29, 1.82) is 0 Å². The summed E-state index contributed by atoms with van der Waals surface area (Å²) in [5.74, 6) is -1.03. The molecule has 2 aromatic carbocycles. The number of benzene rings is 2. The fourth-order valence-electron chi connectivity index (χ4n) is 1.93. The van der Waals surface area contributed by atoms with Crippen molar-refractivity contribution in [3.05, 3.63) is 65.2 Å². The summed E-state index contributed by atoms with van der Waals surface area (Å²) in [5.41, 5.74) is 6.47. The van der Waals surface area contributed by atoms with Gasteiger partial charge in [-0.15, -0.1) is 0 Å². The number of hydrazone groups is 1. The van der Waals surface area contributed by atoms with Crippen LogP contribution in [0.25, 0.3) is 0 Å². The third-order valence-electron chi connectivity index (χ3n) is 3.30. The highest BCUT2D eigenvalue weighted by atomic mass is 16.5. The zero-order valence-corrected chi connectivity index (χ0v) is 13.4. The largest absolute Gasteiger partial charge is 0.378 e. The molecular formula is C17H18N4O3. The Morgan fingerprint density at radius 2 is 1.50 bits per heavy atom. The number of amides is 2. The Bertz CT molecular complexity index is 737. The van der Waals surface area contributed by atoms with Gasteiger partial charge in [-0.3, -0.25) is 14.8 Å². The molecule has 0 saturated heterocycles. The van der Waals surface area contributed by atoms with Crippen molar-refractivity contribution in [2.75, 3.05) is 19.0 Å². The van der Waals surface area contributed by atoms with Crippen LogP contribution in [-0.4, -0.2) is 37.3 Å². The lowest BCUT2D eigenvalue weighted by Gasteiger charge is -2.11. The van der Waals surface area contributed by atoms with E-state index in [0.29, 0.717) is 5.56 Å². The molecule has 0 radical (unpaired) electrons. The SMILES string of the molecule is CN(C)c1ccc(/C=N/NC(=O)c2ccc(C(=O)NO)cc2)cc1. The summed E-state index contributed by atoms with van der Waals surface area (Å²) in [4.78, 5) is 25.1. The minimum absolute atomic E-state index is 0.249. The maximum absolute atomic E-state index is 11.9. The summed E-state index contributed by atoms with van der Waals surface area (Å²) in [6.45, 7) is 0. The van der Waals surface area contributed by atoms with Crippen LogP contribution < -0.4 is 15.8 Å². The molecule has 0 aliphatic carbocycles. The molecule has 3 N–H and O–H groups in total. The second kappa shape index (κ2) is 7.89. The maximum Gasteiger partial charge on any atom is 0.274 e. The van der Waals surface area contributed by atoms with Crippen LogP contribution in [0.4, 0.5) is 5.69 Å². The Labute approximate surface area is 139 Å². The number of nitrogens with one attached hydrogen (secondary N) is 2. The molecule has 0 bridgehead atoms. The Kier molecular flexibility index (Phi) is 5.64.